The minimum atomic E-state index is -4.74. The van der Waals surface area contributed by atoms with Gasteiger partial charge in [-0.05, 0) is 91.2 Å². The van der Waals surface area contributed by atoms with Crippen LogP contribution in [0.1, 0.15) is 188 Å². The van der Waals surface area contributed by atoms with Crippen LogP contribution in [-0.2, 0) is 70.4 Å². The first kappa shape index (κ1) is 87.8. The van der Waals surface area contributed by atoms with Gasteiger partial charge in [0.25, 0.3) is 0 Å². The van der Waals surface area contributed by atoms with Crippen molar-refractivity contribution in [2.45, 2.75) is 245 Å². The Kier molecular flexibility index (Phi) is 36.7. The molecular formula is C75H117F3N10O15. The molecule has 2 saturated heterocycles. The highest BCUT2D eigenvalue weighted by molar-refractivity contribution is 6.02. The number of carbonyl (C=O) groups is 11. The number of rotatable bonds is 45. The molecule has 25 nitrogen and oxygen atoms in total. The van der Waals surface area contributed by atoms with E-state index in [0.717, 1.165) is 10.5 Å². The van der Waals surface area contributed by atoms with Gasteiger partial charge >= 0.3 is 18.3 Å². The summed E-state index contributed by atoms with van der Waals surface area (Å²) < 4.78 is 60.9. The third-order valence-electron chi connectivity index (χ3n) is 20.0. The van der Waals surface area contributed by atoms with Crippen LogP contribution >= 0.6 is 0 Å². The van der Waals surface area contributed by atoms with E-state index in [2.05, 4.69) is 26.6 Å². The molecule has 0 spiro atoms. The first-order valence-corrected chi connectivity index (χ1v) is 36.5. The summed E-state index contributed by atoms with van der Waals surface area (Å²) in [4.78, 5) is 153. The number of likely N-dealkylation sites (N-methyl/N-ethyl adjacent to an activating group) is 2. The van der Waals surface area contributed by atoms with Crippen LogP contribution in [0.4, 0.5) is 22.8 Å². The Bertz CT molecular complexity index is 3070. The number of methoxy groups -OCH3 is 2. The zero-order chi connectivity index (χ0) is 77.0. The van der Waals surface area contributed by atoms with E-state index in [4.69, 9.17) is 19.9 Å². The number of nitrogens with two attached hydrogens (primary N) is 1. The number of hydrogen-bond acceptors (Lipinski definition) is 16. The highest BCUT2D eigenvalue weighted by Gasteiger charge is 2.45. The molecule has 0 aliphatic carbocycles. The van der Waals surface area contributed by atoms with Crippen molar-refractivity contribution in [3.05, 3.63) is 71.3 Å². The molecule has 28 heteroatoms. The predicted molar refractivity (Wildman–Crippen MR) is 382 cm³/mol. The van der Waals surface area contributed by atoms with E-state index in [-0.39, 0.29) is 138 Å². The number of unbranched alkanes of at least 4 members (excludes halogenated alkanes) is 2. The Balaban J connectivity index is 1.31. The van der Waals surface area contributed by atoms with Crippen molar-refractivity contribution in [2.75, 3.05) is 54.5 Å². The number of imide groups is 1. The first-order valence-electron chi connectivity index (χ1n) is 36.5. The van der Waals surface area contributed by atoms with Gasteiger partial charge in [0, 0.05) is 92.5 Å². The van der Waals surface area contributed by atoms with Gasteiger partial charge in [0.05, 0.1) is 42.9 Å². The molecule has 13 atom stereocenters. The molecule has 2 aromatic carbocycles. The second-order valence-electron chi connectivity index (χ2n) is 28.9. The minimum Gasteiger partial charge on any atom is -0.445 e. The van der Waals surface area contributed by atoms with Crippen LogP contribution in [0.5, 0.6) is 0 Å². The van der Waals surface area contributed by atoms with Gasteiger partial charge in [-0.3, -0.25) is 58.3 Å². The van der Waals surface area contributed by atoms with Crippen molar-refractivity contribution in [1.29, 1.82) is 0 Å². The topological polar surface area (TPSA) is 335 Å². The van der Waals surface area contributed by atoms with E-state index in [0.29, 0.717) is 49.8 Å². The molecule has 0 aromatic heterocycles. The maximum absolute atomic E-state index is 14.8. The second-order valence-corrected chi connectivity index (χ2v) is 28.9. The van der Waals surface area contributed by atoms with Crippen LogP contribution in [0.2, 0.25) is 0 Å². The number of nitrogens with zero attached hydrogens (tertiary/aromatic N) is 4. The van der Waals surface area contributed by atoms with Gasteiger partial charge in [-0.25, -0.2) is 9.59 Å². The molecule has 2 aliphatic rings. The number of ether oxygens (including phenoxy) is 3. The Morgan fingerprint density at radius 1 is 0.699 bits per heavy atom. The number of ketones is 2. The molecule has 2 heterocycles. The zero-order valence-electron chi connectivity index (χ0n) is 62.9. The van der Waals surface area contributed by atoms with Crippen LogP contribution in [0.3, 0.4) is 0 Å². The summed E-state index contributed by atoms with van der Waals surface area (Å²) in [7, 11) is 6.11. The smallest absolute Gasteiger partial charge is 0.410 e. The fraction of sp³-hybridized carbons (Fsp3) is 0.693. The molecular weight excluding hydrogens is 1340 g/mol. The summed E-state index contributed by atoms with van der Waals surface area (Å²) in [6, 6.07) is 7.31. The zero-order valence-corrected chi connectivity index (χ0v) is 62.9. The number of halogens is 3. The number of alkyl halides is 3. The van der Waals surface area contributed by atoms with Gasteiger partial charge < -0.3 is 56.1 Å². The summed E-state index contributed by atoms with van der Waals surface area (Å²) in [5, 5.41) is 24.1. The van der Waals surface area contributed by atoms with Gasteiger partial charge in [0.1, 0.15) is 42.3 Å². The molecule has 0 bridgehead atoms. The summed E-state index contributed by atoms with van der Waals surface area (Å²) in [6.45, 7) is 18.3. The van der Waals surface area contributed by atoms with E-state index >= 15 is 0 Å². The van der Waals surface area contributed by atoms with Crippen molar-refractivity contribution in [1.82, 2.24) is 46.2 Å². The fourth-order valence-electron chi connectivity index (χ4n) is 13.7. The number of Topliss-reactive ketones (excluding diaryl/α,β-unsaturated/α-hetero) is 2. The molecule has 103 heavy (non-hydrogen) atoms. The van der Waals surface area contributed by atoms with Gasteiger partial charge in [0.2, 0.25) is 41.4 Å². The average molecular weight is 1460 g/mol. The summed E-state index contributed by atoms with van der Waals surface area (Å²) >= 11 is 0. The number of aliphatic hydroxyl groups is 1. The normalized spacial score (nSPS) is 17.7. The molecule has 4 rings (SSSR count). The molecule has 10 amide bonds. The average Bonchev–Trinajstić information content (AvgIpc) is 1.55. The monoisotopic (exact) mass is 1450 g/mol. The van der Waals surface area contributed by atoms with Crippen molar-refractivity contribution in [2.24, 2.45) is 41.2 Å². The van der Waals surface area contributed by atoms with Crippen LogP contribution in [0.25, 0.3) is 0 Å². The van der Waals surface area contributed by atoms with Gasteiger partial charge in [-0.1, -0.05) is 143 Å². The number of primary amides is 1. The number of hydrogen-bond donors (Lipinski definition) is 7. The van der Waals surface area contributed by atoms with Crippen molar-refractivity contribution in [3.63, 3.8) is 0 Å². The van der Waals surface area contributed by atoms with Gasteiger partial charge in [0.15, 0.2) is 0 Å². The third-order valence-corrected chi connectivity index (χ3v) is 20.0. The standard InChI is InChI=1S/C75H117F3N10O15/c1-15-48(8)66(58(101-13)43-62(93)87-40-24-29-56(87)68(102-14)50(10)57(90)41-49(9)67(94)53-25-18-16-19-26-53)85(11)72(98)64(46(4)5)84-71(97)65(47(6)7)86(12)74(100)103-44-52-33-31-51(32-34-52)42-54(89)27-22-37-80-69(95)55(28-23-38-81-73(79)99)82-70(96)63(45(2)3)83-59(75(76,77)78)30-20-17-21-39-88-60(91)35-36-61(88)92/h16,18-19,25-26,31-34,45-50,55-56,58-59,63-68,83,94H,15,17,20-24,27-30,35-44H2,1-14H3,(H,80,95)(H,82,96)(H,84,97)(H3,79,81,99)/t48-,49-,50-,55-,56-,58+,59-,63-,64-,65-,66-,67+,68+/m0/s1. The highest BCUT2D eigenvalue weighted by atomic mass is 19.4. The third kappa shape index (κ3) is 27.1. The van der Waals surface area contributed by atoms with E-state index in [1.165, 1.54) is 26.2 Å². The number of carbonyl (C=O) groups excluding carboxylic acids is 11. The summed E-state index contributed by atoms with van der Waals surface area (Å²) in [5.74, 6) is -6.22. The molecule has 578 valence electrons. The van der Waals surface area contributed by atoms with E-state index in [1.54, 1.807) is 89.6 Å². The molecule has 0 unspecified atom stereocenters. The lowest BCUT2D eigenvalue weighted by atomic mass is 9.85. The van der Waals surface area contributed by atoms with E-state index in [9.17, 15) is 71.0 Å². The number of likely N-dealkylation sites (tertiary alicyclic amines) is 2. The number of amides is 10. The molecule has 8 N–H and O–H groups in total. The maximum Gasteiger partial charge on any atom is 0.410 e. The van der Waals surface area contributed by atoms with E-state index in [1.807, 2.05) is 51.1 Å². The van der Waals surface area contributed by atoms with Crippen LogP contribution in [0, 0.1) is 35.5 Å². The van der Waals surface area contributed by atoms with Crippen molar-refractivity contribution >= 4 is 65.0 Å². The maximum atomic E-state index is 14.8. The molecule has 2 fully saturated rings. The summed E-state index contributed by atoms with van der Waals surface area (Å²) in [5.41, 5.74) is 7.15. The largest absolute Gasteiger partial charge is 0.445 e. The summed E-state index contributed by atoms with van der Waals surface area (Å²) in [6.07, 6.45) is -4.80. The fourth-order valence-corrected chi connectivity index (χ4v) is 13.7. The van der Waals surface area contributed by atoms with Gasteiger partial charge in [-0.2, -0.15) is 13.2 Å². The number of nitrogens with one attached hydrogen (secondary N) is 5. The second kappa shape index (κ2) is 43.0. The number of urea groups is 1. The first-order chi connectivity index (χ1) is 48.6. The Labute approximate surface area is 606 Å². The lowest BCUT2D eigenvalue weighted by Gasteiger charge is -2.41. The lowest BCUT2D eigenvalue weighted by molar-refractivity contribution is -0.162. The van der Waals surface area contributed by atoms with Crippen LogP contribution in [0.15, 0.2) is 54.6 Å². The van der Waals surface area contributed by atoms with E-state index < -0.39 is 126 Å². The number of aliphatic hydroxyl groups excluding tert-OH is 1. The Morgan fingerprint density at radius 2 is 1.32 bits per heavy atom. The van der Waals surface area contributed by atoms with Crippen LogP contribution in [-0.4, -0.2) is 205 Å². The van der Waals surface area contributed by atoms with Gasteiger partial charge in [-0.15, -0.1) is 0 Å². The minimum absolute atomic E-state index is 0.0125. The van der Waals surface area contributed by atoms with Crippen molar-refractivity contribution in [3.8, 4) is 0 Å². The van der Waals surface area contributed by atoms with Crippen LogP contribution < -0.4 is 32.3 Å². The molecule has 0 saturated carbocycles. The molecule has 2 aromatic rings. The molecule has 0 radical (unpaired) electrons. The SMILES string of the molecule is CC[C@H](C)[C@@H]([C@@H](CC(=O)N1CCC[C@H]1[C@H](OC)[C@@H](C)C(=O)C[C@H](C)[C@@H](O)c1ccccc1)OC)N(C)C(=O)[C@@H](NC(=O)[C@H](C(C)C)N(C)C(=O)OCc1ccc(CC(=O)CCCNC(=O)[C@H](CCCNC(N)=O)NC(=O)[C@@H](N[C@@H](CCCCCN2C(=O)CCC2=O)C(F)(F)F)C(C)C)cc1)C(C)C. The Hall–Kier alpha value is -7.56. The highest BCUT2D eigenvalue weighted by Crippen LogP contribution is 2.33. The van der Waals surface area contributed by atoms with Crippen molar-refractivity contribution < 1.29 is 85.2 Å². The quantitative estimate of drug-likeness (QED) is 0.0245. The number of benzene rings is 2. The lowest BCUT2D eigenvalue weighted by Crippen LogP contribution is -2.60. The predicted octanol–water partition coefficient (Wildman–Crippen LogP) is 7.87. The Morgan fingerprint density at radius 3 is 1.89 bits per heavy atom. The molecule has 2 aliphatic heterocycles.